The van der Waals surface area contributed by atoms with Crippen LogP contribution in [0.1, 0.15) is 13.3 Å². The van der Waals surface area contributed by atoms with E-state index >= 15 is 0 Å². The molecule has 1 rings (SSSR count). The number of ether oxygens (including phenoxy) is 1. The Morgan fingerprint density at radius 1 is 1.83 bits per heavy atom. The third kappa shape index (κ3) is 1.94. The normalized spacial score (nSPS) is 21.8. The smallest absolute Gasteiger partial charge is 0.339 e. The number of methoxy groups -OCH3 is 1. The first-order valence-electron chi connectivity index (χ1n) is 4.08. The highest BCUT2D eigenvalue weighted by atomic mass is 16.5. The van der Waals surface area contributed by atoms with Crippen molar-refractivity contribution in [1.82, 2.24) is 0 Å². The third-order valence-corrected chi connectivity index (χ3v) is 1.93. The van der Waals surface area contributed by atoms with Crippen LogP contribution in [0.5, 0.6) is 0 Å². The van der Waals surface area contributed by atoms with Gasteiger partial charge in [0.1, 0.15) is 0 Å². The molecular weight excluding hydrogens is 154 g/mol. The molecule has 0 bridgehead atoms. The van der Waals surface area contributed by atoms with Gasteiger partial charge in [-0.3, -0.25) is 4.99 Å². The predicted octanol–water partition coefficient (Wildman–Crippen LogP) is 1.20. The zero-order chi connectivity index (χ0) is 8.97. The molecule has 0 aliphatic carbocycles. The highest BCUT2D eigenvalue weighted by Crippen LogP contribution is 2.12. The second-order valence-electron chi connectivity index (χ2n) is 2.78. The van der Waals surface area contributed by atoms with Gasteiger partial charge in [-0.15, -0.1) is 0 Å². The molecule has 12 heavy (non-hydrogen) atoms. The quantitative estimate of drug-likeness (QED) is 0.579. The second kappa shape index (κ2) is 4.04. The molecule has 0 radical (unpaired) electrons. The Bertz CT molecular complexity index is 231. The summed E-state index contributed by atoms with van der Waals surface area (Å²) >= 11 is 0. The average molecular weight is 167 g/mol. The van der Waals surface area contributed by atoms with E-state index in [4.69, 9.17) is 0 Å². The van der Waals surface area contributed by atoms with Gasteiger partial charge in [0, 0.05) is 12.8 Å². The molecule has 0 saturated heterocycles. The lowest BCUT2D eigenvalue weighted by Crippen LogP contribution is -2.14. The number of carbonyl (C=O) groups excluding carboxylic acids is 1. The Kier molecular flexibility index (Phi) is 3.02. The Morgan fingerprint density at radius 2 is 2.58 bits per heavy atom. The fraction of sp³-hybridized carbons (Fsp3) is 0.556. The molecule has 0 aromatic heterocycles. The Balaban J connectivity index is 2.69. The van der Waals surface area contributed by atoms with E-state index in [0.717, 1.165) is 13.0 Å². The first-order chi connectivity index (χ1) is 5.77. The number of esters is 1. The van der Waals surface area contributed by atoms with Crippen LogP contribution in [0.25, 0.3) is 0 Å². The fourth-order valence-corrected chi connectivity index (χ4v) is 1.12. The van der Waals surface area contributed by atoms with E-state index in [0.29, 0.717) is 11.5 Å². The van der Waals surface area contributed by atoms with Crippen LogP contribution in [0.4, 0.5) is 0 Å². The van der Waals surface area contributed by atoms with Gasteiger partial charge in [-0.05, 0) is 12.3 Å². The van der Waals surface area contributed by atoms with Gasteiger partial charge in [0.05, 0.1) is 12.7 Å². The lowest BCUT2D eigenvalue weighted by Gasteiger charge is -2.12. The number of aliphatic imine (C=N–C) groups is 1. The maximum Gasteiger partial charge on any atom is 0.339 e. The van der Waals surface area contributed by atoms with Crippen molar-refractivity contribution < 1.29 is 9.53 Å². The lowest BCUT2D eigenvalue weighted by atomic mass is 10.0. The van der Waals surface area contributed by atoms with Crippen LogP contribution in [0, 0.1) is 5.92 Å². The number of hydrogen-bond donors (Lipinski definition) is 0. The molecule has 3 nitrogen and oxygen atoms in total. The molecule has 0 spiro atoms. The van der Waals surface area contributed by atoms with Crippen LogP contribution in [0.3, 0.4) is 0 Å². The van der Waals surface area contributed by atoms with Crippen LogP contribution in [-0.2, 0) is 9.53 Å². The zero-order valence-corrected chi connectivity index (χ0v) is 7.41. The SMILES string of the molecule is CCC1C=C(C(=O)OC)C=NC1. The van der Waals surface area contributed by atoms with Crippen LogP contribution in [0.2, 0.25) is 0 Å². The molecule has 0 N–H and O–H groups in total. The van der Waals surface area contributed by atoms with Crippen LogP contribution < -0.4 is 0 Å². The minimum atomic E-state index is -0.295. The number of dihydropyridines is 1. The summed E-state index contributed by atoms with van der Waals surface area (Å²) in [5.41, 5.74) is 0.579. The maximum absolute atomic E-state index is 11.0. The molecule has 0 saturated carbocycles. The number of carbonyl (C=O) groups is 1. The van der Waals surface area contributed by atoms with Crippen molar-refractivity contribution in [1.29, 1.82) is 0 Å². The first kappa shape index (κ1) is 8.97. The number of hydrogen-bond acceptors (Lipinski definition) is 3. The zero-order valence-electron chi connectivity index (χ0n) is 7.41. The Morgan fingerprint density at radius 3 is 3.17 bits per heavy atom. The van der Waals surface area contributed by atoms with Gasteiger partial charge in [-0.1, -0.05) is 13.0 Å². The summed E-state index contributed by atoms with van der Waals surface area (Å²) in [6.45, 7) is 2.87. The van der Waals surface area contributed by atoms with Crippen molar-refractivity contribution in [2.24, 2.45) is 10.9 Å². The molecule has 0 amide bonds. The number of nitrogens with zero attached hydrogens (tertiary/aromatic N) is 1. The molecule has 0 aromatic rings. The first-order valence-corrected chi connectivity index (χ1v) is 4.08. The van der Waals surface area contributed by atoms with E-state index in [1.807, 2.05) is 6.08 Å². The van der Waals surface area contributed by atoms with Gasteiger partial charge >= 0.3 is 5.97 Å². The summed E-state index contributed by atoms with van der Waals surface area (Å²) in [4.78, 5) is 15.1. The van der Waals surface area contributed by atoms with Crippen LogP contribution >= 0.6 is 0 Å². The number of rotatable bonds is 2. The van der Waals surface area contributed by atoms with Crippen LogP contribution in [-0.4, -0.2) is 25.8 Å². The molecule has 1 heterocycles. The molecule has 3 heteroatoms. The molecule has 1 unspecified atom stereocenters. The van der Waals surface area contributed by atoms with Gasteiger partial charge in [0.15, 0.2) is 0 Å². The van der Waals surface area contributed by atoms with Gasteiger partial charge in [0.25, 0.3) is 0 Å². The van der Waals surface area contributed by atoms with E-state index < -0.39 is 0 Å². The Hall–Kier alpha value is -1.12. The Labute approximate surface area is 72.1 Å². The van der Waals surface area contributed by atoms with E-state index in [9.17, 15) is 4.79 Å². The standard InChI is InChI=1S/C9H13NO2/c1-3-7-4-8(6-10-5-7)9(11)12-2/h4,6-7H,3,5H2,1-2H3. The average Bonchev–Trinajstić information content (AvgIpc) is 2.17. The molecular formula is C9H13NO2. The maximum atomic E-state index is 11.0. The third-order valence-electron chi connectivity index (χ3n) is 1.93. The van der Waals surface area contributed by atoms with Gasteiger partial charge in [-0.25, -0.2) is 4.79 Å². The van der Waals surface area contributed by atoms with Crippen molar-refractivity contribution in [2.45, 2.75) is 13.3 Å². The predicted molar refractivity (Wildman–Crippen MR) is 47.2 cm³/mol. The summed E-state index contributed by atoms with van der Waals surface area (Å²) in [5, 5.41) is 0. The van der Waals surface area contributed by atoms with E-state index in [2.05, 4.69) is 16.7 Å². The van der Waals surface area contributed by atoms with Gasteiger partial charge < -0.3 is 4.74 Å². The summed E-state index contributed by atoms with van der Waals surface area (Å²) in [7, 11) is 1.38. The second-order valence-corrected chi connectivity index (χ2v) is 2.78. The van der Waals surface area contributed by atoms with E-state index in [1.165, 1.54) is 7.11 Å². The molecule has 1 aliphatic heterocycles. The molecule has 1 aliphatic rings. The minimum Gasteiger partial charge on any atom is -0.465 e. The van der Waals surface area contributed by atoms with E-state index in [1.54, 1.807) is 6.21 Å². The molecule has 1 atom stereocenters. The largest absolute Gasteiger partial charge is 0.465 e. The summed E-state index contributed by atoms with van der Waals surface area (Å²) in [5.74, 6) is 0.0981. The van der Waals surface area contributed by atoms with Crippen molar-refractivity contribution in [3.63, 3.8) is 0 Å². The van der Waals surface area contributed by atoms with Crippen molar-refractivity contribution in [3.8, 4) is 0 Å². The van der Waals surface area contributed by atoms with E-state index in [-0.39, 0.29) is 5.97 Å². The summed E-state index contributed by atoms with van der Waals surface area (Å²) < 4.78 is 4.58. The van der Waals surface area contributed by atoms with Crippen molar-refractivity contribution >= 4 is 12.2 Å². The van der Waals surface area contributed by atoms with Crippen molar-refractivity contribution in [3.05, 3.63) is 11.6 Å². The van der Waals surface area contributed by atoms with Crippen LogP contribution in [0.15, 0.2) is 16.6 Å². The lowest BCUT2D eigenvalue weighted by molar-refractivity contribution is -0.135. The van der Waals surface area contributed by atoms with Gasteiger partial charge in [0.2, 0.25) is 0 Å². The van der Waals surface area contributed by atoms with Gasteiger partial charge in [-0.2, -0.15) is 0 Å². The molecule has 0 aromatic carbocycles. The topological polar surface area (TPSA) is 38.7 Å². The highest BCUT2D eigenvalue weighted by molar-refractivity contribution is 6.09. The highest BCUT2D eigenvalue weighted by Gasteiger charge is 2.13. The minimum absolute atomic E-state index is 0.295. The fourth-order valence-electron chi connectivity index (χ4n) is 1.12. The van der Waals surface area contributed by atoms with Crippen molar-refractivity contribution in [2.75, 3.05) is 13.7 Å². The molecule has 0 fully saturated rings. The summed E-state index contributed by atoms with van der Waals surface area (Å²) in [6.07, 6.45) is 4.52. The summed E-state index contributed by atoms with van der Waals surface area (Å²) in [6, 6.07) is 0. The monoisotopic (exact) mass is 167 g/mol. The molecule has 66 valence electrons.